The van der Waals surface area contributed by atoms with Crippen molar-refractivity contribution in [3.05, 3.63) is 58.7 Å². The summed E-state index contributed by atoms with van der Waals surface area (Å²) in [5.74, 6) is 0. The Balaban J connectivity index is 1.54. The van der Waals surface area contributed by atoms with Crippen LogP contribution in [0.5, 0.6) is 0 Å². The van der Waals surface area contributed by atoms with Gasteiger partial charge in [-0.2, -0.15) is 13.2 Å². The molecule has 2 aromatic carbocycles. The number of thiocarbonyl (C=S) groups is 1. The Kier molecular flexibility index (Phi) is 7.84. The van der Waals surface area contributed by atoms with Gasteiger partial charge in [0.25, 0.3) is 0 Å². The zero-order chi connectivity index (χ0) is 27.9. The molecule has 0 amide bonds. The van der Waals surface area contributed by atoms with Crippen LogP contribution in [0.25, 0.3) is 22.0 Å². The smallest absolute Gasteiger partial charge is 0.389 e. The molecule has 0 radical (unpaired) electrons. The molecule has 0 saturated carbocycles. The van der Waals surface area contributed by atoms with Crippen LogP contribution in [0.3, 0.4) is 0 Å². The van der Waals surface area contributed by atoms with Gasteiger partial charge in [0, 0.05) is 48.4 Å². The average molecular weight is 614 g/mol. The molecule has 5 N–H and O–H groups in total. The van der Waals surface area contributed by atoms with Crippen molar-refractivity contribution in [2.24, 2.45) is 5.73 Å². The van der Waals surface area contributed by atoms with Crippen molar-refractivity contribution in [2.75, 3.05) is 24.1 Å². The Hall–Kier alpha value is -2.78. The van der Waals surface area contributed by atoms with Gasteiger partial charge in [-0.1, -0.05) is 65.5 Å². The number of nitrogen functional groups attached to an aromatic ring is 1. The maximum atomic E-state index is 13.0. The lowest BCUT2D eigenvalue weighted by Crippen LogP contribution is -2.41. The second-order valence-electron chi connectivity index (χ2n) is 8.98. The molecular formula is C24H23ClF3N7OS3. The van der Waals surface area contributed by atoms with E-state index >= 15 is 0 Å². The van der Waals surface area contributed by atoms with Crippen molar-refractivity contribution in [3.8, 4) is 11.1 Å². The highest BCUT2D eigenvalue weighted by Crippen LogP contribution is 2.41. The summed E-state index contributed by atoms with van der Waals surface area (Å²) in [6.07, 6.45) is 2.72. The van der Waals surface area contributed by atoms with Gasteiger partial charge < -0.3 is 21.4 Å². The summed E-state index contributed by atoms with van der Waals surface area (Å²) in [7, 11) is -3.03. The van der Waals surface area contributed by atoms with Crippen molar-refractivity contribution in [3.63, 3.8) is 0 Å². The second kappa shape index (κ2) is 11.0. The van der Waals surface area contributed by atoms with Crippen LogP contribution in [-0.4, -0.2) is 46.9 Å². The van der Waals surface area contributed by atoms with Crippen LogP contribution in [0, 0.1) is 0 Å². The van der Waals surface area contributed by atoms with E-state index in [1.54, 1.807) is 0 Å². The van der Waals surface area contributed by atoms with Gasteiger partial charge in [-0.25, -0.2) is 8.51 Å². The van der Waals surface area contributed by atoms with Gasteiger partial charge in [0.05, 0.1) is 10.5 Å². The molecule has 0 bridgehead atoms. The van der Waals surface area contributed by atoms with Gasteiger partial charge in [0.15, 0.2) is 0 Å². The van der Waals surface area contributed by atoms with Gasteiger partial charge >= 0.3 is 5.51 Å². The molecule has 1 atom stereocenters. The quantitative estimate of drug-likeness (QED) is 0.237. The Labute approximate surface area is 238 Å². The highest BCUT2D eigenvalue weighted by molar-refractivity contribution is 7.83. The topological polar surface area (TPSA) is 115 Å². The molecule has 15 heteroatoms. The van der Waals surface area contributed by atoms with Crippen LogP contribution in [0.4, 0.5) is 23.4 Å². The number of alkyl halides is 3. The van der Waals surface area contributed by atoms with Crippen LogP contribution in [0.15, 0.2) is 42.6 Å². The number of nitrogens with zero attached hydrogens (tertiary/aromatic N) is 4. The van der Waals surface area contributed by atoms with Gasteiger partial charge in [-0.3, -0.25) is 0 Å². The van der Waals surface area contributed by atoms with E-state index in [0.29, 0.717) is 34.7 Å². The number of hydrogen-bond donors (Lipinski definition) is 3. The molecular weight excluding hydrogens is 591 g/mol. The largest absolute Gasteiger partial charge is 0.485 e. The normalized spacial score (nSPS) is 16.0. The number of nitrogens with two attached hydrogens (primary N) is 2. The number of rotatable bonds is 7. The lowest BCUT2D eigenvalue weighted by Gasteiger charge is -2.32. The summed E-state index contributed by atoms with van der Waals surface area (Å²) < 4.78 is 54.0. The monoisotopic (exact) mass is 613 g/mol. The number of halogens is 4. The Bertz CT molecular complexity index is 1560. The minimum absolute atomic E-state index is 0.0417. The molecule has 2 aromatic heterocycles. The van der Waals surface area contributed by atoms with Gasteiger partial charge in [0.2, 0.25) is 21.2 Å². The van der Waals surface area contributed by atoms with Gasteiger partial charge in [-0.05, 0) is 30.0 Å². The zero-order valence-corrected chi connectivity index (χ0v) is 23.4. The summed E-state index contributed by atoms with van der Waals surface area (Å²) in [4.78, 5) is 0.273. The number of aromatic nitrogens is 3. The van der Waals surface area contributed by atoms with E-state index in [1.807, 2.05) is 47.2 Å². The molecule has 4 aromatic rings. The first kappa shape index (κ1) is 27.8. The first-order valence-corrected chi connectivity index (χ1v) is 14.5. The lowest BCUT2D eigenvalue weighted by atomic mass is 10.0. The standard InChI is InChI=1S/C24H23ClF3N7OS3/c25-19-15(11-31-23-33-32-22(30)38-23)4-5-17-18(13-2-1-3-14(10-13)21(29)37)12-35(20(17)19)16-6-8-34(9-7-16)39(36)24(26,27)28/h1-5,10,12,16H,6-9,11H2,(H2,29,37)(H2,30,32)(H,31,33). The highest BCUT2D eigenvalue weighted by Gasteiger charge is 2.42. The maximum absolute atomic E-state index is 13.0. The molecule has 1 fully saturated rings. The number of piperidine rings is 1. The first-order valence-electron chi connectivity index (χ1n) is 11.8. The highest BCUT2D eigenvalue weighted by atomic mass is 35.5. The molecule has 0 aliphatic carbocycles. The molecule has 5 rings (SSSR count). The Morgan fingerprint density at radius 2 is 1.97 bits per heavy atom. The van der Waals surface area contributed by atoms with Crippen LogP contribution in [0.2, 0.25) is 5.02 Å². The molecule has 1 aliphatic heterocycles. The number of anilines is 2. The summed E-state index contributed by atoms with van der Waals surface area (Å²) in [6, 6.07) is 11.3. The number of fused-ring (bicyclic) bond motifs is 1. The van der Waals surface area contributed by atoms with Crippen molar-refractivity contribution in [1.82, 2.24) is 19.1 Å². The van der Waals surface area contributed by atoms with E-state index < -0.39 is 16.5 Å². The fraction of sp³-hybridized carbons (Fsp3) is 0.292. The molecule has 1 unspecified atom stereocenters. The third-order valence-electron chi connectivity index (χ3n) is 6.59. The third kappa shape index (κ3) is 5.75. The van der Waals surface area contributed by atoms with Gasteiger partial charge in [0.1, 0.15) is 4.99 Å². The van der Waals surface area contributed by atoms with Crippen molar-refractivity contribution < 1.29 is 17.4 Å². The van der Waals surface area contributed by atoms with E-state index in [-0.39, 0.29) is 24.1 Å². The van der Waals surface area contributed by atoms with E-state index in [1.165, 1.54) is 11.3 Å². The molecule has 0 spiro atoms. The Morgan fingerprint density at radius 3 is 2.62 bits per heavy atom. The minimum atomic E-state index is -4.78. The van der Waals surface area contributed by atoms with Crippen molar-refractivity contribution in [1.29, 1.82) is 0 Å². The van der Waals surface area contributed by atoms with Crippen LogP contribution in [-0.2, 0) is 17.5 Å². The van der Waals surface area contributed by atoms with E-state index in [0.717, 1.165) is 37.5 Å². The van der Waals surface area contributed by atoms with E-state index in [2.05, 4.69) is 15.5 Å². The maximum Gasteiger partial charge on any atom is 0.485 e. The number of benzene rings is 2. The summed E-state index contributed by atoms with van der Waals surface area (Å²) in [5, 5.41) is 13.2. The van der Waals surface area contributed by atoms with Gasteiger partial charge in [-0.15, -0.1) is 10.2 Å². The zero-order valence-electron chi connectivity index (χ0n) is 20.2. The second-order valence-corrected chi connectivity index (χ2v) is 12.3. The van der Waals surface area contributed by atoms with Crippen LogP contribution >= 0.6 is 35.2 Å². The summed E-state index contributed by atoms with van der Waals surface area (Å²) >= 11 is 13.4. The number of nitrogens with one attached hydrogen (secondary N) is 1. The van der Waals surface area contributed by atoms with Crippen LogP contribution < -0.4 is 16.8 Å². The predicted octanol–water partition coefficient (Wildman–Crippen LogP) is 5.46. The summed E-state index contributed by atoms with van der Waals surface area (Å²) in [6.45, 7) is 0.448. The van der Waals surface area contributed by atoms with E-state index in [4.69, 9.17) is 35.3 Å². The van der Waals surface area contributed by atoms with E-state index in [9.17, 15) is 17.4 Å². The van der Waals surface area contributed by atoms with Crippen molar-refractivity contribution >= 4 is 72.3 Å². The average Bonchev–Trinajstić information content (AvgIpc) is 3.51. The number of hydrogen-bond acceptors (Lipinski definition) is 7. The first-order chi connectivity index (χ1) is 18.5. The summed E-state index contributed by atoms with van der Waals surface area (Å²) in [5.41, 5.74) is 10.8. The molecule has 3 heterocycles. The Morgan fingerprint density at radius 1 is 1.23 bits per heavy atom. The predicted molar refractivity (Wildman–Crippen MR) is 154 cm³/mol. The SMILES string of the molecule is NC(=S)c1cccc(-c2cn(C3CCN(S(=O)C(F)(F)F)CC3)c3c(Cl)c(CNc4nnc(N)s4)ccc23)c1. The van der Waals surface area contributed by atoms with Crippen molar-refractivity contribution in [2.45, 2.75) is 30.9 Å². The molecule has 8 nitrogen and oxygen atoms in total. The molecule has 206 valence electrons. The third-order valence-corrected chi connectivity index (χ3v) is 9.19. The minimum Gasteiger partial charge on any atom is -0.389 e. The van der Waals surface area contributed by atoms with Crippen LogP contribution in [0.1, 0.15) is 30.0 Å². The molecule has 1 aliphatic rings. The fourth-order valence-corrected chi connectivity index (χ4v) is 6.55. The lowest BCUT2D eigenvalue weighted by molar-refractivity contribution is -0.0434. The fourth-order valence-electron chi connectivity index (χ4n) is 4.75. The molecule has 39 heavy (non-hydrogen) atoms. The molecule has 1 saturated heterocycles.